The zero-order chi connectivity index (χ0) is 19.5. The zero-order valence-corrected chi connectivity index (χ0v) is 15.4. The first-order valence-electron chi connectivity index (χ1n) is 9.41. The third kappa shape index (κ3) is 3.99. The molecule has 4 rings (SSSR count). The van der Waals surface area contributed by atoms with E-state index in [1.54, 1.807) is 12.1 Å². The molecule has 28 heavy (non-hydrogen) atoms. The Morgan fingerprint density at radius 3 is 2.57 bits per heavy atom. The van der Waals surface area contributed by atoms with Gasteiger partial charge in [-0.2, -0.15) is 0 Å². The molecule has 0 aliphatic carbocycles. The minimum absolute atomic E-state index is 0.0108. The van der Waals surface area contributed by atoms with Crippen molar-refractivity contribution in [3.8, 4) is 0 Å². The van der Waals surface area contributed by atoms with Crippen molar-refractivity contribution in [1.29, 1.82) is 0 Å². The van der Waals surface area contributed by atoms with Gasteiger partial charge >= 0.3 is 0 Å². The van der Waals surface area contributed by atoms with Crippen LogP contribution in [0.2, 0.25) is 0 Å². The summed E-state index contributed by atoms with van der Waals surface area (Å²) in [4.78, 5) is 12.6. The Morgan fingerprint density at radius 1 is 1.07 bits per heavy atom. The van der Waals surface area contributed by atoms with Crippen LogP contribution in [-0.2, 0) is 11.3 Å². The van der Waals surface area contributed by atoms with E-state index in [-0.39, 0.29) is 24.4 Å². The Labute approximate surface area is 163 Å². The second kappa shape index (κ2) is 7.98. The molecule has 1 heterocycles. The van der Waals surface area contributed by atoms with Gasteiger partial charge in [0.05, 0.1) is 12.7 Å². The Kier molecular flexibility index (Phi) is 5.26. The fourth-order valence-corrected chi connectivity index (χ4v) is 3.87. The summed E-state index contributed by atoms with van der Waals surface area (Å²) >= 11 is 0. The van der Waals surface area contributed by atoms with Gasteiger partial charge in [0.25, 0.3) is 0 Å². The highest BCUT2D eigenvalue weighted by atomic mass is 19.1. The summed E-state index contributed by atoms with van der Waals surface area (Å²) in [6, 6.07) is 20.6. The van der Waals surface area contributed by atoms with Gasteiger partial charge in [0, 0.05) is 19.0 Å². The molecule has 5 heteroatoms. The number of benzene rings is 3. The third-order valence-corrected chi connectivity index (χ3v) is 5.39. The van der Waals surface area contributed by atoms with Crippen molar-refractivity contribution in [2.45, 2.75) is 25.0 Å². The molecule has 1 aliphatic rings. The molecule has 1 amide bonds. The molecule has 0 spiro atoms. The molecule has 2 unspecified atom stereocenters. The highest BCUT2D eigenvalue weighted by Gasteiger charge is 2.31. The van der Waals surface area contributed by atoms with Crippen molar-refractivity contribution in [3.05, 3.63) is 83.7 Å². The number of halogens is 1. The van der Waals surface area contributed by atoms with Gasteiger partial charge in [0.2, 0.25) is 0 Å². The Bertz CT molecular complexity index is 973. The molecule has 0 N–H and O–H groups in total. The quantitative estimate of drug-likeness (QED) is 0.696. The molecule has 1 saturated heterocycles. The summed E-state index contributed by atoms with van der Waals surface area (Å²) in [7, 11) is 0. The maximum absolute atomic E-state index is 13.3. The number of ether oxygens (including phenoxy) is 1. The summed E-state index contributed by atoms with van der Waals surface area (Å²) in [6.07, 6.45) is -0.886. The van der Waals surface area contributed by atoms with E-state index in [2.05, 4.69) is 24.3 Å². The van der Waals surface area contributed by atoms with Crippen LogP contribution >= 0.6 is 0 Å². The Morgan fingerprint density at radius 2 is 1.82 bits per heavy atom. The van der Waals surface area contributed by atoms with Crippen LogP contribution in [0.3, 0.4) is 0 Å². The van der Waals surface area contributed by atoms with Gasteiger partial charge in [-0.3, -0.25) is 0 Å². The van der Waals surface area contributed by atoms with Gasteiger partial charge in [0.15, 0.2) is 0 Å². The summed E-state index contributed by atoms with van der Waals surface area (Å²) in [5, 5.41) is 13.6. The number of piperidine rings is 1. The number of amides is 1. The molecule has 1 fully saturated rings. The predicted octanol–water partition coefficient (Wildman–Crippen LogP) is 3.70. The van der Waals surface area contributed by atoms with Crippen molar-refractivity contribution < 1.29 is 19.0 Å². The monoisotopic (exact) mass is 378 g/mol. The number of hydrogen-bond donors (Lipinski definition) is 0. The van der Waals surface area contributed by atoms with Crippen LogP contribution in [-0.4, -0.2) is 30.2 Å². The van der Waals surface area contributed by atoms with E-state index in [0.29, 0.717) is 19.6 Å². The number of rotatable bonds is 4. The van der Waals surface area contributed by atoms with E-state index in [0.717, 1.165) is 21.9 Å². The van der Waals surface area contributed by atoms with Gasteiger partial charge in [0.1, 0.15) is 11.9 Å². The summed E-state index contributed by atoms with van der Waals surface area (Å²) in [5.41, 5.74) is 1.99. The van der Waals surface area contributed by atoms with E-state index >= 15 is 0 Å². The molecule has 1 aliphatic heterocycles. The Hall–Kier alpha value is -2.92. The molecule has 144 valence electrons. The van der Waals surface area contributed by atoms with Crippen LogP contribution in [0, 0.1) is 5.82 Å². The van der Waals surface area contributed by atoms with Gasteiger partial charge < -0.3 is 19.5 Å². The zero-order valence-electron chi connectivity index (χ0n) is 15.4. The van der Waals surface area contributed by atoms with Crippen LogP contribution in [0.15, 0.2) is 66.7 Å². The SMILES string of the molecule is O=C([O-])N1CCC(c2ccc(F)cc2)C(OCc2ccc3ccccc3c2)C1. The maximum Gasteiger partial charge on any atom is 0.137 e. The highest BCUT2D eigenvalue weighted by molar-refractivity contribution is 5.82. The van der Waals surface area contributed by atoms with Crippen molar-refractivity contribution in [1.82, 2.24) is 4.90 Å². The summed E-state index contributed by atoms with van der Waals surface area (Å²) < 4.78 is 19.5. The first-order chi connectivity index (χ1) is 13.6. The fraction of sp³-hybridized carbons (Fsp3) is 0.261. The highest BCUT2D eigenvalue weighted by Crippen LogP contribution is 2.31. The topological polar surface area (TPSA) is 52.6 Å². The smallest absolute Gasteiger partial charge is 0.137 e. The van der Waals surface area contributed by atoms with E-state index in [1.165, 1.54) is 17.0 Å². The first-order valence-corrected chi connectivity index (χ1v) is 9.41. The van der Waals surface area contributed by atoms with Crippen molar-refractivity contribution in [2.24, 2.45) is 0 Å². The minimum atomic E-state index is -1.18. The molecule has 4 nitrogen and oxygen atoms in total. The number of carbonyl (C=O) groups excluding carboxylic acids is 1. The van der Waals surface area contributed by atoms with E-state index < -0.39 is 6.09 Å². The number of likely N-dealkylation sites (tertiary alicyclic amines) is 1. The van der Waals surface area contributed by atoms with Crippen molar-refractivity contribution >= 4 is 16.9 Å². The van der Waals surface area contributed by atoms with Gasteiger partial charge in [-0.15, -0.1) is 0 Å². The second-order valence-electron chi connectivity index (χ2n) is 7.19. The molecule has 3 aromatic rings. The third-order valence-electron chi connectivity index (χ3n) is 5.39. The largest absolute Gasteiger partial charge is 0.530 e. The lowest BCUT2D eigenvalue weighted by Gasteiger charge is -2.40. The molecule has 0 bridgehead atoms. The normalized spacial score (nSPS) is 19.7. The molecular weight excluding hydrogens is 357 g/mol. The lowest BCUT2D eigenvalue weighted by atomic mass is 9.87. The lowest BCUT2D eigenvalue weighted by molar-refractivity contribution is -0.268. The summed E-state index contributed by atoms with van der Waals surface area (Å²) in [6.45, 7) is 1.02. The van der Waals surface area contributed by atoms with Crippen molar-refractivity contribution in [2.75, 3.05) is 13.1 Å². The predicted molar refractivity (Wildman–Crippen MR) is 103 cm³/mol. The number of carboxylic acid groups (broad SMARTS) is 1. The first kappa shape index (κ1) is 18.4. The lowest BCUT2D eigenvalue weighted by Crippen LogP contribution is -2.51. The van der Waals surface area contributed by atoms with E-state index in [1.807, 2.05) is 18.2 Å². The number of carbonyl (C=O) groups is 1. The molecule has 0 aromatic heterocycles. The van der Waals surface area contributed by atoms with E-state index in [9.17, 15) is 14.3 Å². The van der Waals surface area contributed by atoms with Crippen LogP contribution in [0.4, 0.5) is 9.18 Å². The number of nitrogens with zero attached hydrogens (tertiary/aromatic N) is 1. The van der Waals surface area contributed by atoms with Gasteiger partial charge in [-0.25, -0.2) is 4.39 Å². The molecule has 2 atom stereocenters. The Balaban J connectivity index is 1.53. The standard InChI is InChI=1S/C23H22FNO3/c24-20-9-7-18(8-10-20)21-11-12-25(23(26)27)14-22(21)28-15-16-5-6-17-3-1-2-4-19(17)13-16/h1-10,13,21-22H,11-12,14-15H2,(H,26,27)/p-1. The number of fused-ring (bicyclic) bond motifs is 1. The van der Waals surface area contributed by atoms with Gasteiger partial charge in [-0.05, 0) is 46.5 Å². The van der Waals surface area contributed by atoms with Crippen LogP contribution in [0.5, 0.6) is 0 Å². The summed E-state index contributed by atoms with van der Waals surface area (Å²) in [5.74, 6) is -0.277. The van der Waals surface area contributed by atoms with Crippen LogP contribution in [0.1, 0.15) is 23.5 Å². The van der Waals surface area contributed by atoms with Crippen molar-refractivity contribution in [3.63, 3.8) is 0 Å². The minimum Gasteiger partial charge on any atom is -0.530 e. The molecular formula is C23H21FNO3-. The van der Waals surface area contributed by atoms with E-state index in [4.69, 9.17) is 4.74 Å². The molecule has 3 aromatic carbocycles. The molecule has 0 saturated carbocycles. The average molecular weight is 378 g/mol. The average Bonchev–Trinajstić information content (AvgIpc) is 2.72. The maximum atomic E-state index is 13.3. The fourth-order valence-electron chi connectivity index (χ4n) is 3.87. The molecule has 0 radical (unpaired) electrons. The van der Waals surface area contributed by atoms with Crippen LogP contribution < -0.4 is 5.11 Å². The number of hydrogen-bond acceptors (Lipinski definition) is 3. The van der Waals surface area contributed by atoms with Crippen LogP contribution in [0.25, 0.3) is 10.8 Å². The second-order valence-corrected chi connectivity index (χ2v) is 7.19. The van der Waals surface area contributed by atoms with Gasteiger partial charge in [-0.1, -0.05) is 48.5 Å².